The lowest BCUT2D eigenvalue weighted by atomic mass is 10.1. The molecule has 0 saturated heterocycles. The fourth-order valence-electron chi connectivity index (χ4n) is 2.83. The molecule has 0 fully saturated rings. The number of hydrogen-bond acceptors (Lipinski definition) is 3. The van der Waals surface area contributed by atoms with Gasteiger partial charge in [0.05, 0.1) is 17.6 Å². The van der Waals surface area contributed by atoms with E-state index in [0.717, 1.165) is 18.5 Å². The van der Waals surface area contributed by atoms with Crippen LogP contribution in [0, 0.1) is 6.92 Å². The number of nitrogens with zero attached hydrogens (tertiary/aromatic N) is 2. The zero-order chi connectivity index (χ0) is 17.1. The maximum atomic E-state index is 12.2. The molecule has 0 radical (unpaired) electrons. The van der Waals surface area contributed by atoms with Crippen LogP contribution in [0.15, 0.2) is 42.1 Å². The Hall–Kier alpha value is -2.89. The van der Waals surface area contributed by atoms with Gasteiger partial charge in [-0.1, -0.05) is 11.6 Å². The van der Waals surface area contributed by atoms with E-state index in [-0.39, 0.29) is 11.5 Å². The lowest BCUT2D eigenvalue weighted by molar-refractivity contribution is 0.0695. The van der Waals surface area contributed by atoms with Crippen LogP contribution in [0.25, 0.3) is 5.69 Å². The summed E-state index contributed by atoms with van der Waals surface area (Å²) in [5.74, 6) is -1.12. The van der Waals surface area contributed by atoms with Crippen LogP contribution in [0.5, 0.6) is 0 Å². The van der Waals surface area contributed by atoms with Gasteiger partial charge in [-0.25, -0.2) is 9.48 Å². The third-order valence-corrected chi connectivity index (χ3v) is 4.23. The Kier molecular flexibility index (Phi) is 4.46. The molecule has 0 spiro atoms. The summed E-state index contributed by atoms with van der Waals surface area (Å²) in [7, 11) is 0. The number of allylic oxidation sites excluding steroid dienone is 1. The molecule has 3 rings (SSSR count). The van der Waals surface area contributed by atoms with Crippen molar-refractivity contribution >= 4 is 11.9 Å². The van der Waals surface area contributed by atoms with Gasteiger partial charge in [-0.05, 0) is 50.5 Å². The Balaban J connectivity index is 1.71. The zero-order valence-corrected chi connectivity index (χ0v) is 13.5. The van der Waals surface area contributed by atoms with Crippen LogP contribution in [0.4, 0.5) is 0 Å². The molecule has 1 amide bonds. The van der Waals surface area contributed by atoms with Gasteiger partial charge in [-0.3, -0.25) is 4.79 Å². The van der Waals surface area contributed by atoms with Crippen LogP contribution in [0.1, 0.15) is 45.7 Å². The number of rotatable bonds is 5. The van der Waals surface area contributed by atoms with E-state index >= 15 is 0 Å². The first kappa shape index (κ1) is 16.0. The van der Waals surface area contributed by atoms with Gasteiger partial charge in [0.15, 0.2) is 0 Å². The van der Waals surface area contributed by atoms with Gasteiger partial charge in [0, 0.05) is 12.1 Å². The number of amides is 1. The molecular weight excluding hydrogens is 306 g/mol. The molecule has 24 heavy (non-hydrogen) atoms. The molecule has 6 heteroatoms. The molecule has 1 aromatic carbocycles. The van der Waals surface area contributed by atoms with Crippen LogP contribution < -0.4 is 5.32 Å². The van der Waals surface area contributed by atoms with Gasteiger partial charge in [0.1, 0.15) is 5.56 Å². The second-order valence-corrected chi connectivity index (χ2v) is 5.84. The summed E-state index contributed by atoms with van der Waals surface area (Å²) in [5.41, 5.74) is 3.29. The lowest BCUT2D eigenvalue weighted by Crippen LogP contribution is -2.25. The molecule has 2 N–H and O–H groups in total. The second kappa shape index (κ2) is 6.70. The fraction of sp³-hybridized carbons (Fsp3) is 0.278. The van der Waals surface area contributed by atoms with E-state index in [0.29, 0.717) is 17.8 Å². The number of hydrogen-bond donors (Lipinski definition) is 2. The topological polar surface area (TPSA) is 84.2 Å². The Morgan fingerprint density at radius 1 is 1.29 bits per heavy atom. The average molecular weight is 325 g/mol. The van der Waals surface area contributed by atoms with E-state index in [4.69, 9.17) is 5.11 Å². The van der Waals surface area contributed by atoms with Crippen molar-refractivity contribution in [2.24, 2.45) is 0 Å². The van der Waals surface area contributed by atoms with E-state index in [1.807, 2.05) is 0 Å². The molecule has 2 aromatic rings. The Labute approximate surface area is 139 Å². The largest absolute Gasteiger partial charge is 0.478 e. The standard InChI is InChI=1S/C18H19N3O3/c1-12-16(18(23)24)11-20-21(12)15-8-6-14(7-9-15)17(22)19-10-13-4-2-3-5-13/h4,6-9,11H,2-3,5,10H2,1H3,(H,19,22)(H,23,24). The van der Waals surface area contributed by atoms with Crippen molar-refractivity contribution in [1.29, 1.82) is 0 Å². The number of benzene rings is 1. The summed E-state index contributed by atoms with van der Waals surface area (Å²) in [5, 5.41) is 16.1. The number of aromatic carboxylic acids is 1. The van der Waals surface area contributed by atoms with E-state index in [1.165, 1.54) is 18.2 Å². The lowest BCUT2D eigenvalue weighted by Gasteiger charge is -2.08. The minimum absolute atomic E-state index is 0.113. The third kappa shape index (κ3) is 3.22. The third-order valence-electron chi connectivity index (χ3n) is 4.23. The van der Waals surface area contributed by atoms with Crippen molar-refractivity contribution in [2.45, 2.75) is 26.2 Å². The molecule has 0 unspecified atom stereocenters. The summed E-state index contributed by atoms with van der Waals surface area (Å²) in [6, 6.07) is 6.95. The number of nitrogens with one attached hydrogen (secondary N) is 1. The number of aromatic nitrogens is 2. The number of carbonyl (C=O) groups excluding carboxylic acids is 1. The van der Waals surface area contributed by atoms with Gasteiger partial charge in [-0.2, -0.15) is 5.10 Å². The molecule has 0 aliphatic heterocycles. The maximum absolute atomic E-state index is 12.2. The zero-order valence-electron chi connectivity index (χ0n) is 13.5. The molecule has 0 bridgehead atoms. The smallest absolute Gasteiger partial charge is 0.339 e. The molecule has 124 valence electrons. The van der Waals surface area contributed by atoms with Crippen molar-refractivity contribution in [2.75, 3.05) is 6.54 Å². The monoisotopic (exact) mass is 325 g/mol. The normalized spacial score (nSPS) is 13.6. The first-order chi connectivity index (χ1) is 11.6. The Morgan fingerprint density at radius 2 is 2.04 bits per heavy atom. The van der Waals surface area contributed by atoms with E-state index in [2.05, 4.69) is 16.5 Å². The second-order valence-electron chi connectivity index (χ2n) is 5.84. The van der Waals surface area contributed by atoms with Crippen molar-refractivity contribution in [3.05, 3.63) is 58.9 Å². The molecular formula is C18H19N3O3. The van der Waals surface area contributed by atoms with Gasteiger partial charge in [0.2, 0.25) is 0 Å². The number of carboxylic acid groups (broad SMARTS) is 1. The van der Waals surface area contributed by atoms with Crippen LogP contribution >= 0.6 is 0 Å². The van der Waals surface area contributed by atoms with Crippen LogP contribution in [-0.4, -0.2) is 33.3 Å². The molecule has 0 atom stereocenters. The molecule has 1 aliphatic carbocycles. The first-order valence-electron chi connectivity index (χ1n) is 7.90. The summed E-state index contributed by atoms with van der Waals surface area (Å²) >= 11 is 0. The molecule has 6 nitrogen and oxygen atoms in total. The maximum Gasteiger partial charge on any atom is 0.339 e. The fourth-order valence-corrected chi connectivity index (χ4v) is 2.83. The van der Waals surface area contributed by atoms with Crippen molar-refractivity contribution in [1.82, 2.24) is 15.1 Å². The van der Waals surface area contributed by atoms with E-state index < -0.39 is 5.97 Å². The van der Waals surface area contributed by atoms with E-state index in [1.54, 1.807) is 35.9 Å². The number of carbonyl (C=O) groups is 2. The summed E-state index contributed by atoms with van der Waals surface area (Å²) in [4.78, 5) is 23.3. The molecule has 1 aliphatic rings. The van der Waals surface area contributed by atoms with Gasteiger partial charge in [0.25, 0.3) is 5.91 Å². The highest BCUT2D eigenvalue weighted by Gasteiger charge is 2.14. The minimum atomic E-state index is -1.00. The molecule has 1 aromatic heterocycles. The van der Waals surface area contributed by atoms with Crippen LogP contribution in [-0.2, 0) is 0 Å². The van der Waals surface area contributed by atoms with Crippen LogP contribution in [0.3, 0.4) is 0 Å². The predicted octanol–water partition coefficient (Wildman–Crippen LogP) is 2.72. The van der Waals surface area contributed by atoms with Crippen molar-refractivity contribution in [3.8, 4) is 5.69 Å². The average Bonchev–Trinajstić information content (AvgIpc) is 3.22. The van der Waals surface area contributed by atoms with Gasteiger partial charge >= 0.3 is 5.97 Å². The summed E-state index contributed by atoms with van der Waals surface area (Å²) in [6.45, 7) is 2.30. The predicted molar refractivity (Wildman–Crippen MR) is 89.5 cm³/mol. The quantitative estimate of drug-likeness (QED) is 0.828. The van der Waals surface area contributed by atoms with Gasteiger partial charge in [-0.15, -0.1) is 0 Å². The first-order valence-corrected chi connectivity index (χ1v) is 7.90. The SMILES string of the molecule is Cc1c(C(=O)O)cnn1-c1ccc(C(=O)NCC2=CCCC2)cc1. The highest BCUT2D eigenvalue weighted by molar-refractivity contribution is 5.94. The van der Waals surface area contributed by atoms with Gasteiger partial charge < -0.3 is 10.4 Å². The highest BCUT2D eigenvalue weighted by atomic mass is 16.4. The van der Waals surface area contributed by atoms with Crippen LogP contribution in [0.2, 0.25) is 0 Å². The Bertz CT molecular complexity index is 803. The summed E-state index contributed by atoms with van der Waals surface area (Å²) in [6.07, 6.45) is 6.84. The minimum Gasteiger partial charge on any atom is -0.478 e. The van der Waals surface area contributed by atoms with Crippen molar-refractivity contribution < 1.29 is 14.7 Å². The van der Waals surface area contributed by atoms with Crippen molar-refractivity contribution in [3.63, 3.8) is 0 Å². The molecule has 1 heterocycles. The summed E-state index contributed by atoms with van der Waals surface area (Å²) < 4.78 is 1.55. The molecule has 0 saturated carbocycles. The van der Waals surface area contributed by atoms with E-state index in [9.17, 15) is 9.59 Å². The Morgan fingerprint density at radius 3 is 2.62 bits per heavy atom. The highest BCUT2D eigenvalue weighted by Crippen LogP contribution is 2.17. The number of carboxylic acids is 1.